The molecule has 3 heterocycles. The number of nitrogens with zero attached hydrogens (tertiary/aromatic N) is 5. The van der Waals surface area contributed by atoms with Crippen LogP contribution in [0.5, 0.6) is 0 Å². The lowest BCUT2D eigenvalue weighted by Gasteiger charge is -2.35. The number of hydrogen-bond acceptors (Lipinski definition) is 6. The Morgan fingerprint density at radius 2 is 1.79 bits per heavy atom. The van der Waals surface area contributed by atoms with Crippen molar-refractivity contribution in [2.75, 3.05) is 37.6 Å². The molecule has 0 N–H and O–H groups in total. The van der Waals surface area contributed by atoms with Gasteiger partial charge in [-0.1, -0.05) is 35.5 Å². The maximum atomic E-state index is 5.44. The highest BCUT2D eigenvalue weighted by Gasteiger charge is 2.26. The Labute approximate surface area is 165 Å². The average Bonchev–Trinajstić information content (AvgIpc) is 3.44. The fourth-order valence-corrected chi connectivity index (χ4v) is 3.75. The van der Waals surface area contributed by atoms with E-state index >= 15 is 0 Å². The molecule has 2 fully saturated rings. The lowest BCUT2D eigenvalue weighted by Crippen LogP contribution is -2.47. The lowest BCUT2D eigenvalue weighted by molar-refractivity contribution is 0.247. The number of rotatable bonds is 6. The van der Waals surface area contributed by atoms with Crippen LogP contribution in [0.15, 0.2) is 53.2 Å². The van der Waals surface area contributed by atoms with E-state index < -0.39 is 0 Å². The first kappa shape index (κ1) is 17.4. The second kappa shape index (κ2) is 7.72. The summed E-state index contributed by atoms with van der Waals surface area (Å²) >= 11 is 0. The van der Waals surface area contributed by atoms with Crippen LogP contribution in [-0.2, 0) is 6.42 Å². The zero-order valence-corrected chi connectivity index (χ0v) is 16.0. The first-order valence-electron chi connectivity index (χ1n) is 10.1. The Morgan fingerprint density at radius 1 is 0.964 bits per heavy atom. The van der Waals surface area contributed by atoms with Crippen molar-refractivity contribution in [3.8, 4) is 11.5 Å². The second-order valence-electron chi connectivity index (χ2n) is 7.81. The summed E-state index contributed by atoms with van der Waals surface area (Å²) in [6.07, 6.45) is 5.35. The zero-order chi connectivity index (χ0) is 18.8. The molecule has 0 atom stereocenters. The molecule has 1 aliphatic heterocycles. The molecule has 0 bridgehead atoms. The van der Waals surface area contributed by atoms with Crippen molar-refractivity contribution in [1.82, 2.24) is 20.0 Å². The summed E-state index contributed by atoms with van der Waals surface area (Å²) in [6, 6.07) is 14.3. The summed E-state index contributed by atoms with van der Waals surface area (Å²) in [7, 11) is 0. The molecule has 0 amide bonds. The molecule has 6 heteroatoms. The van der Waals surface area contributed by atoms with E-state index in [1.165, 1.54) is 24.9 Å². The third kappa shape index (κ3) is 4.07. The van der Waals surface area contributed by atoms with Crippen molar-refractivity contribution in [2.45, 2.75) is 19.3 Å². The molecular formula is C22H25N5O. The largest absolute Gasteiger partial charge is 0.354 e. The molecule has 144 valence electrons. The van der Waals surface area contributed by atoms with Gasteiger partial charge in [0.2, 0.25) is 0 Å². The van der Waals surface area contributed by atoms with Crippen molar-refractivity contribution in [3.63, 3.8) is 0 Å². The van der Waals surface area contributed by atoms with Gasteiger partial charge in [0, 0.05) is 45.3 Å². The maximum absolute atomic E-state index is 5.44. The summed E-state index contributed by atoms with van der Waals surface area (Å²) in [6.45, 7) is 5.63. The van der Waals surface area contributed by atoms with E-state index in [-0.39, 0.29) is 0 Å². The fourth-order valence-electron chi connectivity index (χ4n) is 3.75. The minimum absolute atomic E-state index is 0.527. The third-order valence-corrected chi connectivity index (χ3v) is 5.58. The predicted octanol–water partition coefficient (Wildman–Crippen LogP) is 3.25. The topological polar surface area (TPSA) is 58.3 Å². The van der Waals surface area contributed by atoms with Crippen LogP contribution < -0.4 is 4.90 Å². The Balaban J connectivity index is 1.21. The van der Waals surface area contributed by atoms with Gasteiger partial charge in [0.15, 0.2) is 5.82 Å². The van der Waals surface area contributed by atoms with E-state index in [0.717, 1.165) is 43.5 Å². The van der Waals surface area contributed by atoms with Gasteiger partial charge in [-0.15, -0.1) is 0 Å². The molecule has 0 unspecified atom stereocenters. The van der Waals surface area contributed by atoms with Gasteiger partial charge in [0.05, 0.1) is 5.56 Å². The van der Waals surface area contributed by atoms with Crippen molar-refractivity contribution in [3.05, 3.63) is 60.0 Å². The number of hydrogen-bond donors (Lipinski definition) is 0. The smallest absolute Gasteiger partial charge is 0.259 e. The lowest BCUT2D eigenvalue weighted by atomic mass is 10.1. The van der Waals surface area contributed by atoms with Crippen LogP contribution in [0, 0.1) is 5.92 Å². The number of pyridine rings is 1. The van der Waals surface area contributed by atoms with E-state index in [2.05, 4.69) is 43.1 Å². The normalized spacial score (nSPS) is 17.8. The Bertz CT molecular complexity index is 896. The van der Waals surface area contributed by atoms with Crippen LogP contribution in [-0.4, -0.2) is 52.7 Å². The number of benzene rings is 1. The summed E-state index contributed by atoms with van der Waals surface area (Å²) < 4.78 is 5.44. The molecule has 1 saturated carbocycles. The first-order valence-corrected chi connectivity index (χ1v) is 10.1. The SMILES string of the molecule is c1ccc(Cc2noc(-c3ccc(N4CCN(CC5CC5)CC4)nc3)n2)cc1. The second-order valence-corrected chi connectivity index (χ2v) is 7.81. The summed E-state index contributed by atoms with van der Waals surface area (Å²) in [5, 5.41) is 4.11. The van der Waals surface area contributed by atoms with Gasteiger partial charge in [-0.3, -0.25) is 4.90 Å². The van der Waals surface area contributed by atoms with Crippen LogP contribution in [0.1, 0.15) is 24.2 Å². The molecule has 3 aromatic rings. The third-order valence-electron chi connectivity index (χ3n) is 5.58. The molecule has 0 spiro atoms. The quantitative estimate of drug-likeness (QED) is 0.659. The molecule has 2 aromatic heterocycles. The van der Waals surface area contributed by atoms with Crippen LogP contribution in [0.3, 0.4) is 0 Å². The average molecular weight is 375 g/mol. The molecule has 2 aliphatic rings. The Morgan fingerprint density at radius 3 is 2.50 bits per heavy atom. The highest BCUT2D eigenvalue weighted by Crippen LogP contribution is 2.30. The molecule has 0 radical (unpaired) electrons. The summed E-state index contributed by atoms with van der Waals surface area (Å²) in [5.74, 6) is 3.21. The minimum atomic E-state index is 0.527. The Kier molecular flexibility index (Phi) is 4.79. The monoisotopic (exact) mass is 375 g/mol. The van der Waals surface area contributed by atoms with Crippen LogP contribution >= 0.6 is 0 Å². The number of piperazine rings is 1. The van der Waals surface area contributed by atoms with Gasteiger partial charge < -0.3 is 9.42 Å². The van der Waals surface area contributed by atoms with Gasteiger partial charge in [0.25, 0.3) is 5.89 Å². The van der Waals surface area contributed by atoms with Crippen LogP contribution in [0.2, 0.25) is 0 Å². The van der Waals surface area contributed by atoms with Crippen molar-refractivity contribution >= 4 is 5.82 Å². The minimum Gasteiger partial charge on any atom is -0.354 e. The highest BCUT2D eigenvalue weighted by molar-refractivity contribution is 5.54. The van der Waals surface area contributed by atoms with E-state index in [1.807, 2.05) is 30.5 Å². The van der Waals surface area contributed by atoms with E-state index in [4.69, 9.17) is 4.52 Å². The first-order chi connectivity index (χ1) is 13.8. The van der Waals surface area contributed by atoms with Gasteiger partial charge >= 0.3 is 0 Å². The standard InChI is InChI=1S/C22H25N5O/c1-2-4-17(5-3-1)14-20-24-22(28-25-20)19-8-9-21(23-15-19)27-12-10-26(11-13-27)16-18-6-7-18/h1-5,8-9,15,18H,6-7,10-14,16H2. The molecular weight excluding hydrogens is 350 g/mol. The van der Waals surface area contributed by atoms with Crippen LogP contribution in [0.25, 0.3) is 11.5 Å². The number of anilines is 1. The summed E-state index contributed by atoms with van der Waals surface area (Å²) in [4.78, 5) is 14.1. The summed E-state index contributed by atoms with van der Waals surface area (Å²) in [5.41, 5.74) is 2.03. The Hall–Kier alpha value is -2.73. The zero-order valence-electron chi connectivity index (χ0n) is 16.0. The van der Waals surface area contributed by atoms with Crippen molar-refractivity contribution in [2.24, 2.45) is 5.92 Å². The number of aromatic nitrogens is 3. The molecule has 1 aromatic carbocycles. The van der Waals surface area contributed by atoms with Gasteiger partial charge in [-0.2, -0.15) is 4.98 Å². The van der Waals surface area contributed by atoms with Gasteiger partial charge in [-0.05, 0) is 36.5 Å². The molecule has 1 aliphatic carbocycles. The highest BCUT2D eigenvalue weighted by atomic mass is 16.5. The van der Waals surface area contributed by atoms with Gasteiger partial charge in [-0.25, -0.2) is 4.98 Å². The molecule has 1 saturated heterocycles. The predicted molar refractivity (Wildman–Crippen MR) is 108 cm³/mol. The van der Waals surface area contributed by atoms with E-state index in [9.17, 15) is 0 Å². The van der Waals surface area contributed by atoms with Crippen LogP contribution in [0.4, 0.5) is 5.82 Å². The fraction of sp³-hybridized carbons (Fsp3) is 0.409. The maximum Gasteiger partial charge on any atom is 0.259 e. The van der Waals surface area contributed by atoms with E-state index in [0.29, 0.717) is 18.1 Å². The molecule has 28 heavy (non-hydrogen) atoms. The van der Waals surface area contributed by atoms with Crippen molar-refractivity contribution < 1.29 is 4.52 Å². The molecule has 6 nitrogen and oxygen atoms in total. The van der Waals surface area contributed by atoms with Crippen molar-refractivity contribution in [1.29, 1.82) is 0 Å². The van der Waals surface area contributed by atoms with Gasteiger partial charge in [0.1, 0.15) is 5.82 Å². The molecule has 5 rings (SSSR count). The van der Waals surface area contributed by atoms with E-state index in [1.54, 1.807) is 0 Å².